The summed E-state index contributed by atoms with van der Waals surface area (Å²) in [7, 11) is 1.73. The quantitative estimate of drug-likeness (QED) is 0.367. The lowest BCUT2D eigenvalue weighted by Gasteiger charge is -2.06. The molecule has 0 spiro atoms. The molecule has 5 aromatic rings. The van der Waals surface area contributed by atoms with E-state index in [-0.39, 0.29) is 12.1 Å². The molecule has 0 atom stereocenters. The highest BCUT2D eigenvalue weighted by Crippen LogP contribution is 2.28. The SMILES string of the molecule is CNc1ncc2cc(-c3cn(Cc4ccc(-c5nnc(C(F)F)o5)c(F)c4F)nn3)ccc2n1. The first-order valence-corrected chi connectivity index (χ1v) is 9.87. The summed E-state index contributed by atoms with van der Waals surface area (Å²) in [6.07, 6.45) is 0.244. The summed E-state index contributed by atoms with van der Waals surface area (Å²) in [4.78, 5) is 8.54. The lowest BCUT2D eigenvalue weighted by molar-refractivity contribution is 0.116. The maximum atomic E-state index is 14.7. The Morgan fingerprint density at radius 3 is 2.68 bits per heavy atom. The first-order valence-electron chi connectivity index (χ1n) is 9.87. The van der Waals surface area contributed by atoms with Gasteiger partial charge in [0.15, 0.2) is 11.6 Å². The van der Waals surface area contributed by atoms with E-state index in [1.165, 1.54) is 16.8 Å². The zero-order valence-corrected chi connectivity index (χ0v) is 17.4. The Bertz CT molecular complexity index is 1500. The molecule has 0 fully saturated rings. The van der Waals surface area contributed by atoms with E-state index in [1.54, 1.807) is 19.4 Å². The number of fused-ring (bicyclic) bond motifs is 1. The van der Waals surface area contributed by atoms with Crippen LogP contribution in [0.25, 0.3) is 33.6 Å². The van der Waals surface area contributed by atoms with Crippen molar-refractivity contribution in [1.29, 1.82) is 0 Å². The molecule has 13 heteroatoms. The van der Waals surface area contributed by atoms with E-state index < -0.39 is 35.4 Å². The zero-order chi connectivity index (χ0) is 23.8. The molecule has 0 radical (unpaired) electrons. The second-order valence-electron chi connectivity index (χ2n) is 7.16. The molecule has 3 aromatic heterocycles. The predicted octanol–water partition coefficient (Wildman–Crippen LogP) is 4.24. The number of benzene rings is 2. The van der Waals surface area contributed by atoms with Crippen molar-refractivity contribution in [3.05, 3.63) is 65.8 Å². The summed E-state index contributed by atoms with van der Waals surface area (Å²) in [6.45, 7) is -0.121. The molecule has 0 bridgehead atoms. The number of anilines is 1. The molecule has 172 valence electrons. The fourth-order valence-electron chi connectivity index (χ4n) is 3.30. The van der Waals surface area contributed by atoms with E-state index in [1.807, 2.05) is 18.2 Å². The lowest BCUT2D eigenvalue weighted by atomic mass is 10.1. The van der Waals surface area contributed by atoms with Crippen LogP contribution in [0.4, 0.5) is 23.5 Å². The van der Waals surface area contributed by atoms with Gasteiger partial charge in [0.2, 0.25) is 5.95 Å². The highest BCUT2D eigenvalue weighted by atomic mass is 19.3. The van der Waals surface area contributed by atoms with Gasteiger partial charge in [0.05, 0.1) is 23.8 Å². The maximum absolute atomic E-state index is 14.7. The van der Waals surface area contributed by atoms with Crippen molar-refractivity contribution in [1.82, 2.24) is 35.2 Å². The molecule has 3 heterocycles. The molecule has 0 aliphatic carbocycles. The lowest BCUT2D eigenvalue weighted by Crippen LogP contribution is -2.05. The van der Waals surface area contributed by atoms with Gasteiger partial charge in [0.1, 0.15) is 5.69 Å². The molecule has 0 amide bonds. The van der Waals surface area contributed by atoms with Crippen molar-refractivity contribution >= 4 is 16.9 Å². The average molecular weight is 470 g/mol. The molecule has 0 aliphatic heterocycles. The Balaban J connectivity index is 1.39. The minimum Gasteiger partial charge on any atom is -0.415 e. The predicted molar refractivity (Wildman–Crippen MR) is 112 cm³/mol. The smallest absolute Gasteiger partial charge is 0.314 e. The fourth-order valence-corrected chi connectivity index (χ4v) is 3.30. The van der Waals surface area contributed by atoms with Gasteiger partial charge < -0.3 is 9.73 Å². The molecule has 0 unspecified atom stereocenters. The van der Waals surface area contributed by atoms with Crippen LogP contribution in [0.15, 0.2) is 47.1 Å². The number of hydrogen-bond acceptors (Lipinski definition) is 8. The minimum absolute atomic E-state index is 0.0298. The number of rotatable bonds is 6. The van der Waals surface area contributed by atoms with Crippen LogP contribution < -0.4 is 5.32 Å². The Morgan fingerprint density at radius 1 is 1.06 bits per heavy atom. The molecule has 2 aromatic carbocycles. The molecule has 0 saturated carbocycles. The summed E-state index contributed by atoms with van der Waals surface area (Å²) >= 11 is 0. The summed E-state index contributed by atoms with van der Waals surface area (Å²) < 4.78 is 60.6. The summed E-state index contributed by atoms with van der Waals surface area (Å²) in [5.74, 6) is -3.49. The topological polar surface area (TPSA) is 107 Å². The van der Waals surface area contributed by atoms with Crippen molar-refractivity contribution in [3.63, 3.8) is 0 Å². The van der Waals surface area contributed by atoms with Gasteiger partial charge >= 0.3 is 6.43 Å². The van der Waals surface area contributed by atoms with E-state index in [2.05, 4.69) is 35.8 Å². The third kappa shape index (κ3) is 3.91. The first kappa shape index (κ1) is 21.4. The molecule has 1 N–H and O–H groups in total. The fraction of sp³-hybridized carbons (Fsp3) is 0.143. The summed E-state index contributed by atoms with van der Waals surface area (Å²) in [5.41, 5.74) is 1.56. The second-order valence-corrected chi connectivity index (χ2v) is 7.16. The van der Waals surface area contributed by atoms with Crippen LogP contribution in [0, 0.1) is 11.6 Å². The third-order valence-electron chi connectivity index (χ3n) is 4.99. The van der Waals surface area contributed by atoms with Crippen LogP contribution in [0.2, 0.25) is 0 Å². The number of nitrogens with one attached hydrogen (secondary N) is 1. The van der Waals surface area contributed by atoms with Gasteiger partial charge in [-0.1, -0.05) is 17.3 Å². The van der Waals surface area contributed by atoms with Gasteiger partial charge in [-0.15, -0.1) is 15.3 Å². The van der Waals surface area contributed by atoms with Crippen LogP contribution in [-0.2, 0) is 6.54 Å². The Hall–Kier alpha value is -4.42. The van der Waals surface area contributed by atoms with Crippen molar-refractivity contribution in [3.8, 4) is 22.7 Å². The van der Waals surface area contributed by atoms with Gasteiger partial charge in [-0.3, -0.25) is 0 Å². The number of nitrogens with zero attached hydrogens (tertiary/aromatic N) is 7. The molecular formula is C21H14F4N8O. The second kappa shape index (κ2) is 8.50. The first-order chi connectivity index (χ1) is 16.4. The van der Waals surface area contributed by atoms with Crippen molar-refractivity contribution < 1.29 is 22.0 Å². The van der Waals surface area contributed by atoms with Gasteiger partial charge in [0, 0.05) is 29.8 Å². The van der Waals surface area contributed by atoms with E-state index in [9.17, 15) is 17.6 Å². The monoisotopic (exact) mass is 470 g/mol. The average Bonchev–Trinajstić information content (AvgIpc) is 3.52. The van der Waals surface area contributed by atoms with Crippen LogP contribution in [-0.4, -0.2) is 42.2 Å². The number of halogens is 4. The van der Waals surface area contributed by atoms with Crippen molar-refractivity contribution in [2.45, 2.75) is 13.0 Å². The minimum atomic E-state index is -3.02. The van der Waals surface area contributed by atoms with Gasteiger partial charge in [-0.2, -0.15) is 8.78 Å². The van der Waals surface area contributed by atoms with Crippen LogP contribution in [0.1, 0.15) is 17.9 Å². The van der Waals surface area contributed by atoms with Crippen molar-refractivity contribution in [2.75, 3.05) is 12.4 Å². The largest absolute Gasteiger partial charge is 0.415 e. The van der Waals surface area contributed by atoms with E-state index in [0.717, 1.165) is 16.5 Å². The number of alkyl halides is 2. The van der Waals surface area contributed by atoms with Crippen LogP contribution in [0.3, 0.4) is 0 Å². The number of aromatic nitrogens is 7. The third-order valence-corrected chi connectivity index (χ3v) is 4.99. The normalized spacial score (nSPS) is 11.5. The van der Waals surface area contributed by atoms with Gasteiger partial charge in [0.25, 0.3) is 11.8 Å². The molecule has 5 rings (SSSR count). The number of hydrogen-bond donors (Lipinski definition) is 1. The maximum Gasteiger partial charge on any atom is 0.314 e. The Labute approximate surface area is 188 Å². The van der Waals surface area contributed by atoms with Crippen LogP contribution in [0.5, 0.6) is 0 Å². The standard InChI is InChI=1S/C21H14F4N8O/c1-26-21-27-7-12-6-10(3-5-14(12)28-21)15-9-33(32-29-15)8-11-2-4-13(17(23)16(11)22)19-30-31-20(34-19)18(24)25/h2-7,9,18H,8H2,1H3,(H,26,27,28). The molecule has 0 saturated heterocycles. The highest BCUT2D eigenvalue weighted by Gasteiger charge is 2.22. The van der Waals surface area contributed by atoms with E-state index in [4.69, 9.17) is 4.42 Å². The zero-order valence-electron chi connectivity index (χ0n) is 17.4. The summed E-state index contributed by atoms with van der Waals surface area (Å²) in [6, 6.07) is 7.94. The molecular weight excluding hydrogens is 456 g/mol. The van der Waals surface area contributed by atoms with Crippen molar-refractivity contribution in [2.24, 2.45) is 0 Å². The van der Waals surface area contributed by atoms with Gasteiger partial charge in [-0.25, -0.2) is 23.4 Å². The van der Waals surface area contributed by atoms with Gasteiger partial charge in [-0.05, 0) is 18.2 Å². The highest BCUT2D eigenvalue weighted by molar-refractivity contribution is 5.83. The molecule has 34 heavy (non-hydrogen) atoms. The van der Waals surface area contributed by atoms with E-state index >= 15 is 0 Å². The summed E-state index contributed by atoms with van der Waals surface area (Å²) in [5, 5.41) is 18.2. The Kier molecular flexibility index (Phi) is 5.36. The van der Waals surface area contributed by atoms with Crippen LogP contribution >= 0.6 is 0 Å². The van der Waals surface area contributed by atoms with E-state index in [0.29, 0.717) is 11.6 Å². The molecule has 0 aliphatic rings. The molecule has 9 nitrogen and oxygen atoms in total. The Morgan fingerprint density at radius 2 is 1.91 bits per heavy atom.